The molecular weight excluding hydrogens is 316 g/mol. The highest BCUT2D eigenvalue weighted by Crippen LogP contribution is 2.26. The van der Waals surface area contributed by atoms with Gasteiger partial charge in [0, 0.05) is 42.1 Å². The van der Waals surface area contributed by atoms with E-state index < -0.39 is 0 Å². The molecule has 0 aliphatic carbocycles. The molecule has 7 heteroatoms. The average molecular weight is 334 g/mol. The van der Waals surface area contributed by atoms with Crippen molar-refractivity contribution in [3.63, 3.8) is 0 Å². The summed E-state index contributed by atoms with van der Waals surface area (Å²) in [5.74, 6) is 0.315. The predicted octanol–water partition coefficient (Wildman–Crippen LogP) is 2.08. The fraction of sp³-hybridized carbons (Fsp3) is 0.278. The Hall–Kier alpha value is -3.09. The molecule has 1 aromatic carbocycles. The van der Waals surface area contributed by atoms with E-state index in [9.17, 15) is 4.79 Å². The lowest BCUT2D eigenvalue weighted by Crippen LogP contribution is -2.39. The van der Waals surface area contributed by atoms with E-state index in [2.05, 4.69) is 20.2 Å². The number of piperidine rings is 1. The molecule has 1 aliphatic rings. The van der Waals surface area contributed by atoms with Crippen LogP contribution in [0.3, 0.4) is 0 Å². The van der Waals surface area contributed by atoms with E-state index in [1.807, 2.05) is 35.2 Å². The minimum absolute atomic E-state index is 0.0497. The molecule has 3 aromatic rings. The maximum absolute atomic E-state index is 13.0. The van der Waals surface area contributed by atoms with Gasteiger partial charge >= 0.3 is 0 Å². The van der Waals surface area contributed by atoms with E-state index in [0.717, 1.165) is 30.8 Å². The Kier molecular flexibility index (Phi) is 4.20. The highest BCUT2D eigenvalue weighted by Gasteiger charge is 2.26. The van der Waals surface area contributed by atoms with Gasteiger partial charge in [0.2, 0.25) is 0 Å². The van der Waals surface area contributed by atoms with Gasteiger partial charge in [-0.1, -0.05) is 6.07 Å². The number of hydrogen-bond donors (Lipinski definition) is 0. The van der Waals surface area contributed by atoms with E-state index in [0.29, 0.717) is 12.1 Å². The van der Waals surface area contributed by atoms with Crippen molar-refractivity contribution in [2.45, 2.75) is 18.8 Å². The van der Waals surface area contributed by atoms with Gasteiger partial charge in [-0.15, -0.1) is 10.2 Å². The second-order valence-corrected chi connectivity index (χ2v) is 6.14. The summed E-state index contributed by atoms with van der Waals surface area (Å²) in [6, 6.07) is 9.48. The van der Waals surface area contributed by atoms with Crippen LogP contribution in [0.25, 0.3) is 5.69 Å². The summed E-state index contributed by atoms with van der Waals surface area (Å²) in [6.45, 7) is 1.46. The minimum atomic E-state index is 0.0497. The Balaban J connectivity index is 1.53. The van der Waals surface area contributed by atoms with Gasteiger partial charge < -0.3 is 4.90 Å². The van der Waals surface area contributed by atoms with Gasteiger partial charge in [-0.2, -0.15) is 0 Å². The van der Waals surface area contributed by atoms with Crippen molar-refractivity contribution in [2.75, 3.05) is 13.1 Å². The van der Waals surface area contributed by atoms with Gasteiger partial charge in [-0.3, -0.25) is 9.36 Å². The maximum Gasteiger partial charge on any atom is 0.253 e. The number of benzene rings is 1. The first-order valence-electron chi connectivity index (χ1n) is 8.31. The molecule has 0 saturated carbocycles. The lowest BCUT2D eigenvalue weighted by atomic mass is 9.94. The van der Waals surface area contributed by atoms with E-state index in [1.54, 1.807) is 29.7 Å². The molecule has 25 heavy (non-hydrogen) atoms. The third kappa shape index (κ3) is 3.26. The third-order valence-electron chi connectivity index (χ3n) is 4.54. The molecule has 2 aromatic heterocycles. The highest BCUT2D eigenvalue weighted by atomic mass is 16.2. The number of hydrogen-bond acceptors (Lipinski definition) is 5. The van der Waals surface area contributed by atoms with Crippen LogP contribution in [0.2, 0.25) is 0 Å². The van der Waals surface area contributed by atoms with Crippen molar-refractivity contribution in [3.8, 4) is 5.69 Å². The van der Waals surface area contributed by atoms with Crippen LogP contribution in [0.4, 0.5) is 0 Å². The molecule has 3 heterocycles. The quantitative estimate of drug-likeness (QED) is 0.733. The summed E-state index contributed by atoms with van der Waals surface area (Å²) in [5.41, 5.74) is 2.56. The maximum atomic E-state index is 13.0. The van der Waals surface area contributed by atoms with Crippen molar-refractivity contribution in [1.29, 1.82) is 0 Å². The lowest BCUT2D eigenvalue weighted by Gasteiger charge is -2.32. The first-order chi connectivity index (χ1) is 12.3. The Labute approximate surface area is 145 Å². The predicted molar refractivity (Wildman–Crippen MR) is 91.3 cm³/mol. The van der Waals surface area contributed by atoms with Crippen molar-refractivity contribution in [1.82, 2.24) is 29.6 Å². The van der Waals surface area contributed by atoms with Gasteiger partial charge in [0.25, 0.3) is 5.91 Å². The average Bonchev–Trinajstić information content (AvgIpc) is 3.23. The van der Waals surface area contributed by atoms with Crippen LogP contribution in [0, 0.1) is 0 Å². The van der Waals surface area contributed by atoms with Crippen molar-refractivity contribution in [2.24, 2.45) is 0 Å². The molecule has 1 aliphatic heterocycles. The normalized spacial score (nSPS) is 17.4. The molecule has 126 valence electrons. The Bertz CT molecular complexity index is 849. The minimum Gasteiger partial charge on any atom is -0.338 e. The molecule has 1 amide bonds. The largest absolute Gasteiger partial charge is 0.338 e. The summed E-state index contributed by atoms with van der Waals surface area (Å²) in [5, 5.41) is 7.62. The summed E-state index contributed by atoms with van der Waals surface area (Å²) in [4.78, 5) is 23.2. The highest BCUT2D eigenvalue weighted by molar-refractivity contribution is 5.94. The van der Waals surface area contributed by atoms with Crippen LogP contribution in [-0.2, 0) is 0 Å². The van der Waals surface area contributed by atoms with E-state index in [4.69, 9.17) is 0 Å². The molecular formula is C18H18N6O. The van der Waals surface area contributed by atoms with Crippen molar-refractivity contribution >= 4 is 5.91 Å². The first kappa shape index (κ1) is 15.4. The molecule has 0 N–H and O–H groups in total. The molecule has 1 atom stereocenters. The summed E-state index contributed by atoms with van der Waals surface area (Å²) in [6.07, 6.45) is 8.59. The third-order valence-corrected chi connectivity index (χ3v) is 4.54. The van der Waals surface area contributed by atoms with Crippen molar-refractivity contribution in [3.05, 3.63) is 66.8 Å². The zero-order valence-corrected chi connectivity index (χ0v) is 13.7. The number of carbonyl (C=O) groups excluding carboxylic acids is 1. The molecule has 1 fully saturated rings. The Morgan fingerprint density at radius 1 is 1.16 bits per heavy atom. The second kappa shape index (κ2) is 6.80. The Morgan fingerprint density at radius 3 is 2.84 bits per heavy atom. The van der Waals surface area contributed by atoms with Gasteiger partial charge in [-0.25, -0.2) is 9.97 Å². The molecule has 0 unspecified atom stereocenters. The van der Waals surface area contributed by atoms with Crippen molar-refractivity contribution < 1.29 is 4.79 Å². The van der Waals surface area contributed by atoms with Gasteiger partial charge in [0.05, 0.1) is 0 Å². The molecule has 0 spiro atoms. The van der Waals surface area contributed by atoms with E-state index in [-0.39, 0.29) is 11.8 Å². The lowest BCUT2D eigenvalue weighted by molar-refractivity contribution is 0.0706. The van der Waals surface area contributed by atoms with E-state index in [1.165, 1.54) is 0 Å². The van der Waals surface area contributed by atoms with Crippen LogP contribution in [0.15, 0.2) is 55.5 Å². The topological polar surface area (TPSA) is 76.8 Å². The van der Waals surface area contributed by atoms with Crippen LogP contribution in [0.5, 0.6) is 0 Å². The van der Waals surface area contributed by atoms with Gasteiger partial charge in [0.1, 0.15) is 19.0 Å². The van der Waals surface area contributed by atoms with Crippen LogP contribution in [0.1, 0.15) is 34.8 Å². The molecule has 0 bridgehead atoms. The van der Waals surface area contributed by atoms with E-state index >= 15 is 0 Å². The van der Waals surface area contributed by atoms with Gasteiger partial charge in [-0.05, 0) is 37.1 Å². The summed E-state index contributed by atoms with van der Waals surface area (Å²) in [7, 11) is 0. The number of likely N-dealkylation sites (tertiary alicyclic amines) is 1. The number of nitrogens with zero attached hydrogens (tertiary/aromatic N) is 6. The zero-order valence-electron chi connectivity index (χ0n) is 13.7. The monoisotopic (exact) mass is 334 g/mol. The van der Waals surface area contributed by atoms with Crippen LogP contribution >= 0.6 is 0 Å². The second-order valence-electron chi connectivity index (χ2n) is 6.14. The molecule has 4 rings (SSSR count). The van der Waals surface area contributed by atoms with Crippen LogP contribution in [-0.4, -0.2) is 48.6 Å². The SMILES string of the molecule is O=C(c1cccc(-n2cnnc2)c1)N1CCC[C@H](c2ccncn2)C1. The number of aromatic nitrogens is 5. The fourth-order valence-electron chi connectivity index (χ4n) is 3.26. The number of rotatable bonds is 3. The summed E-state index contributed by atoms with van der Waals surface area (Å²) >= 11 is 0. The molecule has 1 saturated heterocycles. The molecule has 0 radical (unpaired) electrons. The first-order valence-corrected chi connectivity index (χ1v) is 8.31. The molecule has 7 nitrogen and oxygen atoms in total. The standard InChI is InChI=1S/C18H18N6O/c25-18(14-3-1-5-16(9-14)24-12-21-22-13-24)23-8-2-4-15(10-23)17-6-7-19-11-20-17/h1,3,5-7,9,11-13,15H,2,4,8,10H2/t15-/m0/s1. The Morgan fingerprint density at radius 2 is 2.04 bits per heavy atom. The van der Waals surface area contributed by atoms with Crippen LogP contribution < -0.4 is 0 Å². The zero-order chi connectivity index (χ0) is 17.1. The summed E-state index contributed by atoms with van der Waals surface area (Å²) < 4.78 is 1.79. The van der Waals surface area contributed by atoms with Gasteiger partial charge in [0.15, 0.2) is 0 Å². The fourth-order valence-corrected chi connectivity index (χ4v) is 3.26. The number of amides is 1. The smallest absolute Gasteiger partial charge is 0.253 e. The number of carbonyl (C=O) groups is 1.